The molecule has 7 nitrogen and oxygen atoms in total. The van der Waals surface area contributed by atoms with Crippen molar-refractivity contribution in [1.82, 2.24) is 30.2 Å². The Morgan fingerprint density at radius 2 is 1.85 bits per heavy atom. The van der Waals surface area contributed by atoms with E-state index in [1.165, 1.54) is 12.1 Å². The molecule has 0 bridgehead atoms. The van der Waals surface area contributed by atoms with Crippen LogP contribution in [0, 0.1) is 0 Å². The van der Waals surface area contributed by atoms with Crippen molar-refractivity contribution >= 4 is 45.6 Å². The Hall–Kier alpha value is -4.70. The lowest BCUT2D eigenvalue weighted by molar-refractivity contribution is -0.136. The fourth-order valence-corrected chi connectivity index (χ4v) is 4.71. The number of rotatable bonds is 7. The van der Waals surface area contributed by atoms with Crippen LogP contribution >= 0.6 is 11.6 Å². The summed E-state index contributed by atoms with van der Waals surface area (Å²) in [7, 11) is 0. The molecular weight excluding hydrogens is 541 g/mol. The fraction of sp³-hybridized carbons (Fsp3) is 0.103. The number of ether oxygens (including phenoxy) is 1. The van der Waals surface area contributed by atoms with Gasteiger partial charge in [-0.25, -0.2) is 4.98 Å². The van der Waals surface area contributed by atoms with Gasteiger partial charge in [0, 0.05) is 28.5 Å². The molecular formula is C29H20ClF3N6O. The van der Waals surface area contributed by atoms with Crippen LogP contribution in [-0.2, 0) is 19.3 Å². The van der Waals surface area contributed by atoms with Gasteiger partial charge >= 0.3 is 6.18 Å². The van der Waals surface area contributed by atoms with Crippen molar-refractivity contribution in [2.75, 3.05) is 0 Å². The second-order valence-corrected chi connectivity index (χ2v) is 9.52. The molecule has 0 fully saturated rings. The number of fused-ring (bicyclic) bond motifs is 2. The van der Waals surface area contributed by atoms with E-state index < -0.39 is 11.7 Å². The lowest BCUT2D eigenvalue weighted by Gasteiger charge is -2.14. The maximum atomic E-state index is 13.8. The number of benzene rings is 3. The Morgan fingerprint density at radius 3 is 2.67 bits per heavy atom. The number of pyridine rings is 1. The minimum Gasteiger partial charge on any atom is -0.483 e. The fourth-order valence-electron chi connectivity index (χ4n) is 4.55. The maximum absolute atomic E-state index is 13.8. The summed E-state index contributed by atoms with van der Waals surface area (Å²) in [5.41, 5.74) is 3.01. The van der Waals surface area contributed by atoms with Crippen LogP contribution in [-0.4, -0.2) is 30.2 Å². The average molecular weight is 561 g/mol. The Bertz CT molecular complexity index is 1850. The van der Waals surface area contributed by atoms with Crippen LogP contribution < -0.4 is 4.74 Å². The third-order valence-corrected chi connectivity index (χ3v) is 6.60. The molecule has 3 heterocycles. The summed E-state index contributed by atoms with van der Waals surface area (Å²) in [6.45, 7) is 0.287. The molecule has 0 radical (unpaired) electrons. The lowest BCUT2D eigenvalue weighted by Crippen LogP contribution is -2.08. The number of tetrazole rings is 1. The molecule has 0 unspecified atom stereocenters. The number of aromatic nitrogens is 6. The van der Waals surface area contributed by atoms with E-state index in [9.17, 15) is 13.2 Å². The van der Waals surface area contributed by atoms with Crippen LogP contribution in [0.3, 0.4) is 0 Å². The molecule has 3 aromatic carbocycles. The molecule has 0 saturated carbocycles. The van der Waals surface area contributed by atoms with Gasteiger partial charge in [-0.05, 0) is 59.7 Å². The number of alkyl halides is 3. The first-order chi connectivity index (χ1) is 19.3. The summed E-state index contributed by atoms with van der Waals surface area (Å²) in [6.07, 6.45) is 0.971. The highest BCUT2D eigenvalue weighted by Crippen LogP contribution is 2.39. The normalized spacial score (nSPS) is 12.1. The smallest absolute Gasteiger partial charge is 0.417 e. The molecule has 0 saturated heterocycles. The third-order valence-electron chi connectivity index (χ3n) is 6.37. The summed E-state index contributed by atoms with van der Waals surface area (Å²) < 4.78 is 48.9. The van der Waals surface area contributed by atoms with Crippen LogP contribution in [0.2, 0.25) is 5.02 Å². The quantitative estimate of drug-likeness (QED) is 0.224. The molecule has 1 N–H and O–H groups in total. The summed E-state index contributed by atoms with van der Waals surface area (Å²) in [5.74, 6) is 0.575. The van der Waals surface area contributed by atoms with Gasteiger partial charge in [0.25, 0.3) is 0 Å². The number of hydrogen-bond donors (Lipinski definition) is 1. The number of halogens is 4. The average Bonchev–Trinajstić information content (AvgIpc) is 3.61. The standard InChI is InChI=1S/C29H20ClF3N6O/c30-21-7-5-20-6-9-22(34-25(20)15-21)8-4-18-2-1-3-19(14-18)16-39-13-12-23-24(29(31,32)33)10-11-26(28(23)39)40-17-27-35-37-38-36-27/h1-15H,16-17H2,(H,35,36,37,38)/b8-4+. The van der Waals surface area contributed by atoms with Crippen molar-refractivity contribution in [3.63, 3.8) is 0 Å². The van der Waals surface area contributed by atoms with Crippen molar-refractivity contribution in [3.05, 3.63) is 112 Å². The number of aromatic amines is 1. The zero-order chi connectivity index (χ0) is 27.7. The minimum absolute atomic E-state index is 0.0442. The van der Waals surface area contributed by atoms with Crippen molar-refractivity contribution < 1.29 is 17.9 Å². The Labute approximate surface area is 230 Å². The molecule has 6 rings (SSSR count). The molecule has 0 amide bonds. The van der Waals surface area contributed by atoms with E-state index in [0.717, 1.165) is 33.8 Å². The molecule has 0 atom stereocenters. The summed E-state index contributed by atoms with van der Waals surface area (Å²) in [4.78, 5) is 4.65. The predicted molar refractivity (Wildman–Crippen MR) is 147 cm³/mol. The summed E-state index contributed by atoms with van der Waals surface area (Å²) in [5, 5.41) is 15.2. The Morgan fingerprint density at radius 1 is 0.975 bits per heavy atom. The second-order valence-electron chi connectivity index (χ2n) is 9.08. The van der Waals surface area contributed by atoms with Gasteiger partial charge in [-0.15, -0.1) is 10.2 Å². The molecule has 3 aromatic heterocycles. The zero-order valence-corrected chi connectivity index (χ0v) is 21.5. The van der Waals surface area contributed by atoms with Gasteiger partial charge in [0.05, 0.1) is 22.3 Å². The highest BCUT2D eigenvalue weighted by atomic mass is 35.5. The van der Waals surface area contributed by atoms with Gasteiger partial charge in [0.15, 0.2) is 6.61 Å². The van der Waals surface area contributed by atoms with Gasteiger partial charge in [-0.3, -0.25) is 0 Å². The molecule has 11 heteroatoms. The predicted octanol–water partition coefficient (Wildman–Crippen LogP) is 7.17. The molecule has 0 aliphatic carbocycles. The second kappa shape index (κ2) is 10.5. The summed E-state index contributed by atoms with van der Waals surface area (Å²) in [6, 6.07) is 21.1. The van der Waals surface area contributed by atoms with Crippen LogP contribution in [0.25, 0.3) is 34.0 Å². The molecule has 0 aliphatic heterocycles. The monoisotopic (exact) mass is 560 g/mol. The van der Waals surface area contributed by atoms with E-state index in [1.807, 2.05) is 66.7 Å². The first-order valence-corrected chi connectivity index (χ1v) is 12.6. The molecule has 0 spiro atoms. The largest absolute Gasteiger partial charge is 0.483 e. The topological polar surface area (TPSA) is 81.5 Å². The zero-order valence-electron chi connectivity index (χ0n) is 20.7. The van der Waals surface area contributed by atoms with E-state index in [2.05, 4.69) is 25.6 Å². The van der Waals surface area contributed by atoms with Gasteiger partial charge < -0.3 is 9.30 Å². The van der Waals surface area contributed by atoms with Crippen molar-refractivity contribution in [3.8, 4) is 5.75 Å². The molecule has 0 aliphatic rings. The number of nitrogens with zero attached hydrogens (tertiary/aromatic N) is 5. The van der Waals surface area contributed by atoms with Crippen LogP contribution in [0.4, 0.5) is 13.2 Å². The van der Waals surface area contributed by atoms with Crippen LogP contribution in [0.5, 0.6) is 5.75 Å². The SMILES string of the molecule is FC(F)(F)c1ccc(OCc2nn[nH]n2)c2c1ccn2Cc1cccc(/C=C/c2ccc3ccc(Cl)cc3n2)c1. The molecule has 40 heavy (non-hydrogen) atoms. The minimum atomic E-state index is -4.51. The Balaban J connectivity index is 1.29. The summed E-state index contributed by atoms with van der Waals surface area (Å²) >= 11 is 6.10. The van der Waals surface area contributed by atoms with Crippen molar-refractivity contribution in [1.29, 1.82) is 0 Å². The lowest BCUT2D eigenvalue weighted by atomic mass is 10.1. The van der Waals surface area contributed by atoms with E-state index in [-0.39, 0.29) is 23.6 Å². The van der Waals surface area contributed by atoms with Crippen molar-refractivity contribution in [2.45, 2.75) is 19.3 Å². The van der Waals surface area contributed by atoms with Gasteiger partial charge in [0.1, 0.15) is 5.75 Å². The van der Waals surface area contributed by atoms with Crippen LogP contribution in [0.1, 0.15) is 28.2 Å². The van der Waals surface area contributed by atoms with E-state index >= 15 is 0 Å². The highest BCUT2D eigenvalue weighted by Gasteiger charge is 2.34. The number of H-pyrrole nitrogens is 1. The van der Waals surface area contributed by atoms with E-state index in [0.29, 0.717) is 17.1 Å². The number of hydrogen-bond acceptors (Lipinski definition) is 5. The van der Waals surface area contributed by atoms with Gasteiger partial charge in [-0.2, -0.15) is 18.4 Å². The third kappa shape index (κ3) is 5.39. The first-order valence-electron chi connectivity index (χ1n) is 12.2. The van der Waals surface area contributed by atoms with Crippen molar-refractivity contribution in [2.24, 2.45) is 0 Å². The van der Waals surface area contributed by atoms with E-state index in [1.54, 1.807) is 10.8 Å². The highest BCUT2D eigenvalue weighted by molar-refractivity contribution is 6.31. The number of nitrogens with one attached hydrogen (secondary N) is 1. The molecule has 6 aromatic rings. The van der Waals surface area contributed by atoms with Gasteiger partial charge in [-0.1, -0.05) is 53.2 Å². The molecule has 200 valence electrons. The van der Waals surface area contributed by atoms with E-state index in [4.69, 9.17) is 16.3 Å². The van der Waals surface area contributed by atoms with Crippen LogP contribution in [0.15, 0.2) is 79.0 Å². The Kier molecular flexibility index (Phi) is 6.69. The maximum Gasteiger partial charge on any atom is 0.417 e. The van der Waals surface area contributed by atoms with Gasteiger partial charge in [0.2, 0.25) is 5.82 Å². The first kappa shape index (κ1) is 25.6.